The van der Waals surface area contributed by atoms with Gasteiger partial charge in [0, 0.05) is 41.7 Å². The minimum Gasteiger partial charge on any atom is -0.361 e. The molecule has 0 saturated carbocycles. The lowest BCUT2D eigenvalue weighted by Crippen LogP contribution is -2.45. The molecule has 7 heteroatoms. The minimum absolute atomic E-state index is 0.185. The van der Waals surface area contributed by atoms with Crippen molar-refractivity contribution in [3.63, 3.8) is 0 Å². The molecule has 142 valence electrons. The highest BCUT2D eigenvalue weighted by molar-refractivity contribution is 6.29. The van der Waals surface area contributed by atoms with Crippen LogP contribution < -0.4 is 5.32 Å². The monoisotopic (exact) mass is 393 g/mol. The average molecular weight is 394 g/mol. The zero-order chi connectivity index (χ0) is 19.3. The van der Waals surface area contributed by atoms with Crippen molar-refractivity contribution in [2.45, 2.75) is 24.8 Å². The molecule has 5 rings (SSSR count). The van der Waals surface area contributed by atoms with Gasteiger partial charge in [0.15, 0.2) is 11.0 Å². The molecule has 3 heterocycles. The van der Waals surface area contributed by atoms with E-state index in [1.807, 2.05) is 0 Å². The van der Waals surface area contributed by atoms with Gasteiger partial charge in [0.05, 0.1) is 0 Å². The molecule has 28 heavy (non-hydrogen) atoms. The molecule has 1 unspecified atom stereocenters. The Morgan fingerprint density at radius 3 is 3.00 bits per heavy atom. The van der Waals surface area contributed by atoms with Crippen LogP contribution in [0.2, 0.25) is 5.15 Å². The molecular weight excluding hydrogens is 374 g/mol. The standard InChI is InChI=1S/C21H20ClN5O/c1-27-11-12(8-20(28)24-19-6-5-18(22)25-26-19)7-15-14-3-2-4-16-21(14)13(10-23-16)9-17(15)27/h2-6,8,10,15,17,23H,7,9,11H2,1H3,(H,24,26,28)/b12-8-/t15?,17-/m1/s1. The first-order chi connectivity index (χ1) is 13.6. The van der Waals surface area contributed by atoms with E-state index >= 15 is 0 Å². The Kier molecular flexibility index (Phi) is 4.18. The first kappa shape index (κ1) is 17.4. The summed E-state index contributed by atoms with van der Waals surface area (Å²) in [6, 6.07) is 10.2. The summed E-state index contributed by atoms with van der Waals surface area (Å²) in [5, 5.41) is 12.1. The van der Waals surface area contributed by atoms with E-state index in [2.05, 4.69) is 56.8 Å². The summed E-state index contributed by atoms with van der Waals surface area (Å²) < 4.78 is 0. The van der Waals surface area contributed by atoms with Gasteiger partial charge in [-0.25, -0.2) is 0 Å². The smallest absolute Gasteiger partial charge is 0.249 e. The number of amides is 1. The molecule has 1 aliphatic carbocycles. The van der Waals surface area contributed by atoms with Gasteiger partial charge >= 0.3 is 0 Å². The highest BCUT2D eigenvalue weighted by Crippen LogP contribution is 2.44. The Bertz CT molecular complexity index is 1090. The Morgan fingerprint density at radius 1 is 1.29 bits per heavy atom. The first-order valence-electron chi connectivity index (χ1n) is 9.37. The van der Waals surface area contributed by atoms with Crippen LogP contribution >= 0.6 is 11.6 Å². The number of nitrogens with one attached hydrogen (secondary N) is 2. The van der Waals surface area contributed by atoms with Crippen LogP contribution in [0.25, 0.3) is 10.9 Å². The number of hydrogen-bond donors (Lipinski definition) is 2. The molecule has 1 aliphatic heterocycles. The third-order valence-corrected chi connectivity index (χ3v) is 6.03. The van der Waals surface area contributed by atoms with E-state index in [1.54, 1.807) is 18.2 Å². The summed E-state index contributed by atoms with van der Waals surface area (Å²) >= 11 is 5.74. The second-order valence-electron chi connectivity index (χ2n) is 7.61. The van der Waals surface area contributed by atoms with Crippen LogP contribution in [0.1, 0.15) is 23.5 Å². The summed E-state index contributed by atoms with van der Waals surface area (Å²) in [4.78, 5) is 18.2. The maximum Gasteiger partial charge on any atom is 0.249 e. The fraction of sp³-hybridized carbons (Fsp3) is 0.286. The third kappa shape index (κ3) is 2.99. The van der Waals surface area contributed by atoms with E-state index < -0.39 is 0 Å². The van der Waals surface area contributed by atoms with Gasteiger partial charge in [-0.05, 0) is 49.2 Å². The molecule has 3 aromatic rings. The Labute approximate surface area is 167 Å². The predicted molar refractivity (Wildman–Crippen MR) is 110 cm³/mol. The van der Waals surface area contributed by atoms with Crippen molar-refractivity contribution >= 4 is 34.2 Å². The Morgan fingerprint density at radius 2 is 2.18 bits per heavy atom. The zero-order valence-electron chi connectivity index (χ0n) is 15.4. The van der Waals surface area contributed by atoms with Crippen molar-refractivity contribution < 1.29 is 4.79 Å². The van der Waals surface area contributed by atoms with E-state index in [-0.39, 0.29) is 5.91 Å². The molecule has 0 radical (unpaired) electrons. The van der Waals surface area contributed by atoms with E-state index in [0.717, 1.165) is 25.0 Å². The molecule has 6 nitrogen and oxygen atoms in total. The van der Waals surface area contributed by atoms with Gasteiger partial charge in [-0.3, -0.25) is 9.69 Å². The number of carbonyl (C=O) groups is 1. The molecule has 1 fully saturated rings. The normalized spacial score (nSPS) is 23.0. The van der Waals surface area contributed by atoms with Gasteiger partial charge < -0.3 is 10.3 Å². The van der Waals surface area contributed by atoms with Crippen LogP contribution in [-0.2, 0) is 11.2 Å². The molecule has 0 bridgehead atoms. The molecule has 2 atom stereocenters. The number of carbonyl (C=O) groups excluding carboxylic acids is 1. The topological polar surface area (TPSA) is 73.9 Å². The summed E-state index contributed by atoms with van der Waals surface area (Å²) in [7, 11) is 2.14. The SMILES string of the molecule is CN1C/C(=C\C(=O)Nc2ccc(Cl)nn2)CC2c3cccc4[nH]cc(c34)C[C@H]21. The number of fused-ring (bicyclic) bond motifs is 2. The van der Waals surface area contributed by atoms with Crippen molar-refractivity contribution in [3.8, 4) is 0 Å². The lowest BCUT2D eigenvalue weighted by molar-refractivity contribution is -0.112. The van der Waals surface area contributed by atoms with E-state index in [1.165, 1.54) is 22.0 Å². The number of anilines is 1. The van der Waals surface area contributed by atoms with E-state index in [0.29, 0.717) is 22.9 Å². The number of nitrogens with zero attached hydrogens (tertiary/aromatic N) is 3. The van der Waals surface area contributed by atoms with Crippen molar-refractivity contribution in [2.75, 3.05) is 18.9 Å². The molecule has 1 saturated heterocycles. The Hall–Kier alpha value is -2.70. The molecule has 1 amide bonds. The van der Waals surface area contributed by atoms with Crippen LogP contribution in [0.15, 0.2) is 48.2 Å². The quantitative estimate of drug-likeness (QED) is 0.653. The second kappa shape index (κ2) is 6.72. The summed E-state index contributed by atoms with van der Waals surface area (Å²) in [5.41, 5.74) is 5.10. The van der Waals surface area contributed by atoms with Gasteiger partial charge in [-0.15, -0.1) is 10.2 Å². The number of aromatic nitrogens is 3. The number of hydrogen-bond acceptors (Lipinski definition) is 4. The van der Waals surface area contributed by atoms with Crippen molar-refractivity contribution in [1.82, 2.24) is 20.1 Å². The van der Waals surface area contributed by atoms with Crippen LogP contribution in [0.4, 0.5) is 5.82 Å². The number of likely N-dealkylation sites (N-methyl/N-ethyl adjacent to an activating group) is 1. The summed E-state index contributed by atoms with van der Waals surface area (Å²) in [6.45, 7) is 0.788. The number of halogens is 1. The fourth-order valence-corrected chi connectivity index (χ4v) is 4.76. The lowest BCUT2D eigenvalue weighted by Gasteiger charge is -2.43. The number of H-pyrrole nitrogens is 1. The molecular formula is C21H20ClN5O. The van der Waals surface area contributed by atoms with Crippen molar-refractivity contribution in [2.24, 2.45) is 0 Å². The molecule has 1 aromatic carbocycles. The average Bonchev–Trinajstić information content (AvgIpc) is 3.09. The minimum atomic E-state index is -0.185. The van der Waals surface area contributed by atoms with Crippen molar-refractivity contribution in [1.29, 1.82) is 0 Å². The summed E-state index contributed by atoms with van der Waals surface area (Å²) in [6.07, 6.45) is 5.77. The van der Waals surface area contributed by atoms with Crippen LogP contribution in [-0.4, -0.2) is 45.6 Å². The highest BCUT2D eigenvalue weighted by atomic mass is 35.5. The van der Waals surface area contributed by atoms with Gasteiger partial charge in [0.2, 0.25) is 5.91 Å². The van der Waals surface area contributed by atoms with Crippen LogP contribution in [0.3, 0.4) is 0 Å². The first-order valence-corrected chi connectivity index (χ1v) is 9.75. The van der Waals surface area contributed by atoms with Gasteiger partial charge in [-0.2, -0.15) is 0 Å². The predicted octanol–water partition coefficient (Wildman–Crippen LogP) is 3.52. The molecule has 2 N–H and O–H groups in total. The number of likely N-dealkylation sites (tertiary alicyclic amines) is 1. The lowest BCUT2D eigenvalue weighted by atomic mass is 9.74. The third-order valence-electron chi connectivity index (χ3n) is 5.83. The highest BCUT2D eigenvalue weighted by Gasteiger charge is 2.37. The number of rotatable bonds is 2. The number of benzene rings is 1. The number of piperidine rings is 1. The van der Waals surface area contributed by atoms with Crippen LogP contribution in [0, 0.1) is 0 Å². The number of aromatic amines is 1. The molecule has 0 spiro atoms. The fourth-order valence-electron chi connectivity index (χ4n) is 4.66. The van der Waals surface area contributed by atoms with E-state index in [9.17, 15) is 4.79 Å². The van der Waals surface area contributed by atoms with Crippen molar-refractivity contribution in [3.05, 3.63) is 64.5 Å². The zero-order valence-corrected chi connectivity index (χ0v) is 16.2. The van der Waals surface area contributed by atoms with Gasteiger partial charge in [-0.1, -0.05) is 29.3 Å². The Balaban J connectivity index is 1.41. The molecule has 2 aromatic heterocycles. The van der Waals surface area contributed by atoms with Crippen LogP contribution in [0.5, 0.6) is 0 Å². The van der Waals surface area contributed by atoms with Gasteiger partial charge in [0.1, 0.15) is 0 Å². The second-order valence-corrected chi connectivity index (χ2v) is 8.00. The van der Waals surface area contributed by atoms with Gasteiger partial charge in [0.25, 0.3) is 0 Å². The summed E-state index contributed by atoms with van der Waals surface area (Å²) in [5.74, 6) is 0.600. The maximum atomic E-state index is 12.5. The largest absolute Gasteiger partial charge is 0.361 e. The molecule has 2 aliphatic rings. The van der Waals surface area contributed by atoms with E-state index in [4.69, 9.17) is 11.6 Å². The maximum absolute atomic E-state index is 12.5.